The molecule has 0 spiro atoms. The van der Waals surface area contributed by atoms with Crippen molar-refractivity contribution in [3.05, 3.63) is 65.2 Å². The lowest BCUT2D eigenvalue weighted by atomic mass is 10.00. The maximum atomic E-state index is 12.7. The molecule has 146 valence electrons. The van der Waals surface area contributed by atoms with Crippen molar-refractivity contribution in [2.24, 2.45) is 5.73 Å². The Kier molecular flexibility index (Phi) is 5.32. The van der Waals surface area contributed by atoms with Gasteiger partial charge in [0.1, 0.15) is 6.23 Å². The van der Waals surface area contributed by atoms with Crippen LogP contribution in [-0.4, -0.2) is 28.6 Å². The topological polar surface area (TPSA) is 138 Å². The number of aryl methyl sites for hydroxylation is 2. The molecule has 0 aliphatic heterocycles. The van der Waals surface area contributed by atoms with Crippen LogP contribution >= 0.6 is 0 Å². The molecule has 8 nitrogen and oxygen atoms in total. The van der Waals surface area contributed by atoms with Crippen molar-refractivity contribution in [3.8, 4) is 17.1 Å². The minimum Gasteiger partial charge on any atom is -0.493 e. The van der Waals surface area contributed by atoms with Gasteiger partial charge in [0.15, 0.2) is 0 Å². The van der Waals surface area contributed by atoms with Crippen LogP contribution in [0.25, 0.3) is 11.3 Å². The van der Waals surface area contributed by atoms with Gasteiger partial charge in [-0.15, -0.1) is 0 Å². The SMILES string of the molecule is Cc1cccc(C)c1-c1cc(O)nc(NS(=O)(=O)c2cccc(C(N)O)c2)n1. The van der Waals surface area contributed by atoms with Crippen LogP contribution in [0.5, 0.6) is 5.88 Å². The van der Waals surface area contributed by atoms with Crippen LogP contribution in [-0.2, 0) is 10.0 Å². The van der Waals surface area contributed by atoms with E-state index >= 15 is 0 Å². The molecule has 28 heavy (non-hydrogen) atoms. The van der Waals surface area contributed by atoms with Gasteiger partial charge in [-0.05, 0) is 42.7 Å². The molecule has 3 rings (SSSR count). The summed E-state index contributed by atoms with van der Waals surface area (Å²) < 4.78 is 27.6. The lowest BCUT2D eigenvalue weighted by molar-refractivity contribution is 0.186. The molecule has 1 unspecified atom stereocenters. The number of nitrogens with one attached hydrogen (secondary N) is 1. The van der Waals surface area contributed by atoms with Gasteiger partial charge in [-0.25, -0.2) is 18.1 Å². The monoisotopic (exact) mass is 400 g/mol. The highest BCUT2D eigenvalue weighted by molar-refractivity contribution is 7.92. The van der Waals surface area contributed by atoms with E-state index in [0.29, 0.717) is 5.69 Å². The molecule has 0 saturated heterocycles. The Bertz CT molecular complexity index is 1110. The summed E-state index contributed by atoms with van der Waals surface area (Å²) in [5.41, 5.74) is 8.68. The molecular weight excluding hydrogens is 380 g/mol. The Balaban J connectivity index is 2.01. The molecule has 9 heteroatoms. The van der Waals surface area contributed by atoms with Crippen molar-refractivity contribution >= 4 is 16.0 Å². The van der Waals surface area contributed by atoms with Crippen LogP contribution < -0.4 is 10.5 Å². The van der Waals surface area contributed by atoms with Gasteiger partial charge in [0, 0.05) is 11.6 Å². The van der Waals surface area contributed by atoms with Crippen molar-refractivity contribution in [2.75, 3.05) is 4.72 Å². The van der Waals surface area contributed by atoms with E-state index in [1.54, 1.807) is 0 Å². The third-order valence-electron chi connectivity index (χ3n) is 4.19. The molecule has 1 atom stereocenters. The second-order valence-electron chi connectivity index (χ2n) is 6.32. The fraction of sp³-hybridized carbons (Fsp3) is 0.158. The molecule has 5 N–H and O–H groups in total. The number of anilines is 1. The predicted octanol–water partition coefficient (Wildman–Crippen LogP) is 2.22. The molecule has 1 aromatic heterocycles. The maximum absolute atomic E-state index is 12.7. The number of sulfonamides is 1. The molecule has 0 bridgehead atoms. The molecule has 0 fully saturated rings. The first-order valence-corrected chi connectivity index (χ1v) is 9.87. The van der Waals surface area contributed by atoms with E-state index in [-0.39, 0.29) is 22.3 Å². The predicted molar refractivity (Wildman–Crippen MR) is 105 cm³/mol. The van der Waals surface area contributed by atoms with Crippen LogP contribution in [0.2, 0.25) is 0 Å². The normalized spacial score (nSPS) is 12.6. The number of aliphatic hydroxyl groups is 1. The minimum atomic E-state index is -4.06. The van der Waals surface area contributed by atoms with Gasteiger partial charge < -0.3 is 15.9 Å². The zero-order valence-electron chi connectivity index (χ0n) is 15.3. The summed E-state index contributed by atoms with van der Waals surface area (Å²) in [5, 5.41) is 19.4. The van der Waals surface area contributed by atoms with Crippen molar-refractivity contribution in [1.82, 2.24) is 9.97 Å². The van der Waals surface area contributed by atoms with E-state index in [2.05, 4.69) is 14.7 Å². The third-order valence-corrected chi connectivity index (χ3v) is 5.51. The van der Waals surface area contributed by atoms with E-state index in [1.807, 2.05) is 32.0 Å². The molecule has 0 radical (unpaired) electrons. The minimum absolute atomic E-state index is 0.116. The average molecular weight is 400 g/mol. The fourth-order valence-corrected chi connectivity index (χ4v) is 3.87. The summed E-state index contributed by atoms with van der Waals surface area (Å²) >= 11 is 0. The van der Waals surface area contributed by atoms with Gasteiger partial charge in [0.05, 0.1) is 10.6 Å². The summed E-state index contributed by atoms with van der Waals surface area (Å²) in [6, 6.07) is 12.6. The van der Waals surface area contributed by atoms with Crippen LogP contribution in [0, 0.1) is 13.8 Å². The molecule has 0 saturated carbocycles. The largest absolute Gasteiger partial charge is 0.493 e. The molecule has 0 aliphatic carbocycles. The van der Waals surface area contributed by atoms with Crippen LogP contribution in [0.3, 0.4) is 0 Å². The highest BCUT2D eigenvalue weighted by Gasteiger charge is 2.19. The third kappa shape index (κ3) is 4.11. The standard InChI is InChI=1S/C19H20N4O4S/c1-11-5-3-6-12(2)17(11)15-10-16(24)22-19(21-15)23-28(26,27)14-8-4-7-13(9-14)18(20)25/h3-10,18,25H,20H2,1-2H3,(H2,21,22,23,24). The summed E-state index contributed by atoms with van der Waals surface area (Å²) in [4.78, 5) is 7.91. The second kappa shape index (κ2) is 7.55. The van der Waals surface area contributed by atoms with E-state index in [0.717, 1.165) is 16.7 Å². The van der Waals surface area contributed by atoms with Crippen LogP contribution in [0.15, 0.2) is 53.4 Å². The van der Waals surface area contributed by atoms with E-state index < -0.39 is 16.3 Å². The highest BCUT2D eigenvalue weighted by Crippen LogP contribution is 2.28. The van der Waals surface area contributed by atoms with Crippen LogP contribution in [0.1, 0.15) is 22.9 Å². The summed E-state index contributed by atoms with van der Waals surface area (Å²) in [7, 11) is -4.06. The number of hydrogen-bond donors (Lipinski definition) is 4. The number of hydrogen-bond acceptors (Lipinski definition) is 7. The first kappa shape index (κ1) is 19.7. The highest BCUT2D eigenvalue weighted by atomic mass is 32.2. The molecule has 3 aromatic rings. The Labute approximate surface area is 162 Å². The first-order chi connectivity index (χ1) is 13.2. The number of nitrogens with two attached hydrogens (primary N) is 1. The Morgan fingerprint density at radius 1 is 1.04 bits per heavy atom. The fourth-order valence-electron chi connectivity index (χ4n) is 2.87. The number of aromatic hydroxyl groups is 1. The van der Waals surface area contributed by atoms with Crippen molar-refractivity contribution in [3.63, 3.8) is 0 Å². The van der Waals surface area contributed by atoms with E-state index in [4.69, 9.17) is 5.73 Å². The smallest absolute Gasteiger partial charge is 0.264 e. The molecule has 1 heterocycles. The first-order valence-electron chi connectivity index (χ1n) is 8.38. The zero-order chi connectivity index (χ0) is 20.5. The van der Waals surface area contributed by atoms with Gasteiger partial charge >= 0.3 is 0 Å². The van der Waals surface area contributed by atoms with Gasteiger partial charge in [-0.3, -0.25) is 0 Å². The van der Waals surface area contributed by atoms with Gasteiger partial charge in [-0.2, -0.15) is 4.98 Å². The van der Waals surface area contributed by atoms with Crippen molar-refractivity contribution < 1.29 is 18.6 Å². The zero-order valence-corrected chi connectivity index (χ0v) is 16.1. The molecule has 0 amide bonds. The number of aliphatic hydroxyl groups excluding tert-OH is 1. The van der Waals surface area contributed by atoms with Crippen molar-refractivity contribution in [1.29, 1.82) is 0 Å². The molecule has 2 aromatic carbocycles. The lowest BCUT2D eigenvalue weighted by Crippen LogP contribution is -2.16. The van der Waals surface area contributed by atoms with Gasteiger partial charge in [0.2, 0.25) is 11.8 Å². The molecule has 0 aliphatic rings. The number of aromatic nitrogens is 2. The van der Waals surface area contributed by atoms with Gasteiger partial charge in [-0.1, -0.05) is 30.3 Å². The summed E-state index contributed by atoms with van der Waals surface area (Å²) in [6.07, 6.45) is -1.30. The van der Waals surface area contributed by atoms with E-state index in [1.165, 1.54) is 30.3 Å². The number of nitrogens with zero attached hydrogens (tertiary/aromatic N) is 2. The molecular formula is C19H20N4O4S. The van der Waals surface area contributed by atoms with Crippen LogP contribution in [0.4, 0.5) is 5.95 Å². The summed E-state index contributed by atoms with van der Waals surface area (Å²) in [6.45, 7) is 3.80. The Hall–Kier alpha value is -3.01. The average Bonchev–Trinajstić information content (AvgIpc) is 2.61. The number of rotatable bonds is 5. The lowest BCUT2D eigenvalue weighted by Gasteiger charge is -2.12. The Morgan fingerprint density at radius 3 is 2.32 bits per heavy atom. The summed E-state index contributed by atoms with van der Waals surface area (Å²) in [5.74, 6) is -0.632. The Morgan fingerprint density at radius 2 is 1.68 bits per heavy atom. The van der Waals surface area contributed by atoms with Crippen molar-refractivity contribution in [2.45, 2.75) is 25.0 Å². The second-order valence-corrected chi connectivity index (χ2v) is 8.01. The van der Waals surface area contributed by atoms with Gasteiger partial charge in [0.25, 0.3) is 10.0 Å². The number of benzene rings is 2. The van der Waals surface area contributed by atoms with E-state index in [9.17, 15) is 18.6 Å². The quantitative estimate of drug-likeness (QED) is 0.482. The maximum Gasteiger partial charge on any atom is 0.264 e.